The Labute approximate surface area is 234 Å². The van der Waals surface area contributed by atoms with E-state index in [1.165, 1.54) is 25.7 Å². The fourth-order valence-electron chi connectivity index (χ4n) is 10.2. The Balaban J connectivity index is 1.70. The van der Waals surface area contributed by atoms with Gasteiger partial charge in [-0.3, -0.25) is 0 Å². The molecule has 0 amide bonds. The van der Waals surface area contributed by atoms with E-state index in [4.69, 9.17) is 13.9 Å². The van der Waals surface area contributed by atoms with Gasteiger partial charge in [-0.15, -0.1) is 0 Å². The lowest BCUT2D eigenvalue weighted by atomic mass is 9.53. The first-order valence-electron chi connectivity index (χ1n) is 15.7. The van der Waals surface area contributed by atoms with Crippen molar-refractivity contribution in [3.05, 3.63) is 0 Å². The second-order valence-corrected chi connectivity index (χ2v) is 20.6. The third-order valence-electron chi connectivity index (χ3n) is 13.2. The summed E-state index contributed by atoms with van der Waals surface area (Å²) in [5.74, 6) is 2.72. The van der Waals surface area contributed by atoms with Gasteiger partial charge in [-0.25, -0.2) is 0 Å². The summed E-state index contributed by atoms with van der Waals surface area (Å²) in [6.45, 7) is 19.3. The van der Waals surface area contributed by atoms with Gasteiger partial charge in [0.15, 0.2) is 14.6 Å². The molecule has 2 N–H and O–H groups in total. The third kappa shape index (κ3) is 4.69. The Morgan fingerprint density at radius 3 is 2.21 bits per heavy atom. The first-order valence-corrected chi connectivity index (χ1v) is 18.6. The van der Waals surface area contributed by atoms with Crippen molar-refractivity contribution in [1.82, 2.24) is 0 Å². The fraction of sp³-hybridized carbons (Fsp3) is 1.00. The summed E-state index contributed by atoms with van der Waals surface area (Å²) in [5.41, 5.74) is -0.736. The molecule has 0 saturated heterocycles. The number of aliphatic hydroxyl groups is 2. The number of methoxy groups -OCH3 is 2. The molecule has 4 saturated carbocycles. The van der Waals surface area contributed by atoms with Crippen molar-refractivity contribution in [2.45, 2.75) is 135 Å². The van der Waals surface area contributed by atoms with E-state index in [-0.39, 0.29) is 34.5 Å². The monoisotopic (exact) mass is 552 g/mol. The minimum absolute atomic E-state index is 0.0468. The predicted molar refractivity (Wildman–Crippen MR) is 156 cm³/mol. The van der Waals surface area contributed by atoms with E-state index in [9.17, 15) is 10.2 Å². The van der Waals surface area contributed by atoms with Crippen LogP contribution in [-0.2, 0) is 13.9 Å². The molecule has 0 aliphatic heterocycles. The molecule has 4 fully saturated rings. The molecule has 0 heterocycles. The van der Waals surface area contributed by atoms with Gasteiger partial charge in [0.2, 0.25) is 0 Å². The molecule has 4 aliphatic rings. The van der Waals surface area contributed by atoms with Gasteiger partial charge in [-0.1, -0.05) is 41.5 Å². The lowest BCUT2D eigenvalue weighted by molar-refractivity contribution is -0.225. The molecule has 222 valence electrons. The molecule has 4 aliphatic carbocycles. The van der Waals surface area contributed by atoms with Crippen LogP contribution in [-0.4, -0.2) is 57.4 Å². The van der Waals surface area contributed by atoms with Crippen LogP contribution in [0.2, 0.25) is 18.1 Å². The van der Waals surface area contributed by atoms with E-state index in [1.54, 1.807) is 14.2 Å². The van der Waals surface area contributed by atoms with E-state index >= 15 is 0 Å². The van der Waals surface area contributed by atoms with Crippen molar-refractivity contribution in [3.63, 3.8) is 0 Å². The zero-order valence-corrected chi connectivity index (χ0v) is 27.3. The smallest absolute Gasteiger partial charge is 0.192 e. The Morgan fingerprint density at radius 2 is 1.63 bits per heavy atom. The van der Waals surface area contributed by atoms with Crippen LogP contribution in [0.4, 0.5) is 0 Å². The van der Waals surface area contributed by atoms with Gasteiger partial charge in [0.25, 0.3) is 0 Å². The number of aliphatic hydroxyl groups excluding tert-OH is 1. The average Bonchev–Trinajstić information content (AvgIpc) is 3.28. The normalized spacial score (nSPS) is 44.1. The summed E-state index contributed by atoms with van der Waals surface area (Å²) < 4.78 is 19.1. The molecule has 0 aromatic rings. The molecule has 5 nitrogen and oxygen atoms in total. The quantitative estimate of drug-likeness (QED) is 0.238. The van der Waals surface area contributed by atoms with Crippen LogP contribution in [0, 0.1) is 46.3 Å². The Bertz CT molecular complexity index is 823. The number of hydrogen-bond donors (Lipinski definition) is 2. The highest BCUT2D eigenvalue weighted by Gasteiger charge is 2.74. The molecule has 0 spiro atoms. The Kier molecular flexibility index (Phi) is 8.71. The number of hydrogen-bond acceptors (Lipinski definition) is 5. The van der Waals surface area contributed by atoms with Gasteiger partial charge >= 0.3 is 0 Å². The van der Waals surface area contributed by atoms with Crippen molar-refractivity contribution in [3.8, 4) is 0 Å². The number of rotatable bonds is 9. The summed E-state index contributed by atoms with van der Waals surface area (Å²) in [5, 5.41) is 22.6. The van der Waals surface area contributed by atoms with E-state index in [1.807, 2.05) is 0 Å². The highest BCUT2D eigenvalue weighted by molar-refractivity contribution is 6.74. The molecule has 0 bridgehead atoms. The van der Waals surface area contributed by atoms with E-state index in [2.05, 4.69) is 54.6 Å². The maximum atomic E-state index is 13.0. The van der Waals surface area contributed by atoms with Crippen LogP contribution < -0.4 is 0 Å². The van der Waals surface area contributed by atoms with Gasteiger partial charge in [0.1, 0.15) is 0 Å². The van der Waals surface area contributed by atoms with Gasteiger partial charge in [-0.05, 0) is 105 Å². The predicted octanol–water partition coefficient (Wildman–Crippen LogP) is 7.01. The minimum Gasteiger partial charge on any atom is -0.414 e. The second-order valence-electron chi connectivity index (χ2n) is 15.8. The maximum Gasteiger partial charge on any atom is 0.192 e. The Morgan fingerprint density at radius 1 is 0.974 bits per heavy atom. The fourth-order valence-corrected chi connectivity index (χ4v) is 11.6. The van der Waals surface area contributed by atoms with Crippen molar-refractivity contribution < 1.29 is 24.1 Å². The minimum atomic E-state index is -1.96. The van der Waals surface area contributed by atoms with Gasteiger partial charge in [0, 0.05) is 44.7 Å². The van der Waals surface area contributed by atoms with Crippen LogP contribution in [0.1, 0.15) is 99.3 Å². The molecular weight excluding hydrogens is 492 g/mol. The molecular formula is C32H60O5Si. The van der Waals surface area contributed by atoms with Crippen LogP contribution in [0.3, 0.4) is 0 Å². The van der Waals surface area contributed by atoms with Gasteiger partial charge < -0.3 is 24.1 Å². The molecule has 0 unspecified atom stereocenters. The van der Waals surface area contributed by atoms with Crippen LogP contribution in [0.25, 0.3) is 0 Å². The van der Waals surface area contributed by atoms with E-state index < -0.39 is 20.2 Å². The van der Waals surface area contributed by atoms with Crippen molar-refractivity contribution in [2.75, 3.05) is 20.8 Å². The first-order chi connectivity index (χ1) is 17.6. The standard InChI is InChI=1S/C32H60O5Si/c1-21(12-11-19-33)23-13-14-24-26-25(16-17-30(23,24)5)31(6)18-15-22(37-38(9,10)29(2,3)4)20-32(31,34)27(26)28(35-7)36-8/h21-28,33-34H,11-20H2,1-10H3/t21-,22+,23-,24+,25+,26+,27+,30-,31-,32-/m1/s1. The molecule has 38 heavy (non-hydrogen) atoms. The highest BCUT2D eigenvalue weighted by atomic mass is 28.4. The van der Waals surface area contributed by atoms with Crippen molar-refractivity contribution in [2.24, 2.45) is 46.3 Å². The summed E-state index contributed by atoms with van der Waals surface area (Å²) in [4.78, 5) is 0. The lowest BCUT2D eigenvalue weighted by Crippen LogP contribution is -2.58. The van der Waals surface area contributed by atoms with Gasteiger partial charge in [-0.2, -0.15) is 0 Å². The summed E-state index contributed by atoms with van der Waals surface area (Å²) in [6, 6.07) is 0. The molecule has 0 aromatic heterocycles. The van der Waals surface area contributed by atoms with Crippen LogP contribution >= 0.6 is 0 Å². The lowest BCUT2D eigenvalue weighted by Gasteiger charge is -2.54. The highest BCUT2D eigenvalue weighted by Crippen LogP contribution is 2.74. The van der Waals surface area contributed by atoms with Crippen LogP contribution in [0.15, 0.2) is 0 Å². The summed E-state index contributed by atoms with van der Waals surface area (Å²) in [7, 11) is 1.55. The SMILES string of the molecule is COC(OC)[C@@H]1[C@H]2[C@@H]3CC[C@H]([C@H](C)CCCO)[C@@]3(C)CC[C@@H]2[C@@]2(C)CC[C@H](O[Si](C)(C)C(C)(C)C)C[C@@]12O. The molecule has 10 atom stereocenters. The molecule has 0 aromatic carbocycles. The molecule has 6 heteroatoms. The van der Waals surface area contributed by atoms with Gasteiger partial charge in [0.05, 0.1) is 5.60 Å². The molecule has 0 radical (unpaired) electrons. The maximum absolute atomic E-state index is 13.0. The Hall–Kier alpha value is 0.0169. The van der Waals surface area contributed by atoms with Crippen LogP contribution in [0.5, 0.6) is 0 Å². The topological polar surface area (TPSA) is 68.2 Å². The summed E-state index contributed by atoms with van der Waals surface area (Å²) >= 11 is 0. The largest absolute Gasteiger partial charge is 0.414 e. The molecule has 4 rings (SSSR count). The zero-order valence-electron chi connectivity index (χ0n) is 26.3. The van der Waals surface area contributed by atoms with Crippen molar-refractivity contribution >= 4 is 8.32 Å². The third-order valence-corrected chi connectivity index (χ3v) is 17.8. The number of ether oxygens (including phenoxy) is 2. The van der Waals surface area contributed by atoms with Crippen molar-refractivity contribution in [1.29, 1.82) is 0 Å². The zero-order chi connectivity index (χ0) is 28.3. The second kappa shape index (κ2) is 10.7. The van der Waals surface area contributed by atoms with E-state index in [0.717, 1.165) is 25.7 Å². The first kappa shape index (κ1) is 31.0. The van der Waals surface area contributed by atoms with E-state index in [0.29, 0.717) is 36.0 Å². The number of fused-ring (bicyclic) bond motifs is 5. The summed E-state index contributed by atoms with van der Waals surface area (Å²) in [6.07, 6.45) is 9.36. The average molecular weight is 553 g/mol.